The number of phenolic OH excluding ortho intramolecular Hbond substituents is 1. The summed E-state index contributed by atoms with van der Waals surface area (Å²) < 4.78 is 10.5. The maximum Gasteiger partial charge on any atom is 0.231 e. The Labute approximate surface area is 95.4 Å². The van der Waals surface area contributed by atoms with Gasteiger partial charge in [-0.3, -0.25) is 4.90 Å². The predicted octanol–water partition coefficient (Wildman–Crippen LogP) is 1.96. The van der Waals surface area contributed by atoms with Crippen molar-refractivity contribution in [2.24, 2.45) is 0 Å². The zero-order valence-electron chi connectivity index (χ0n) is 9.86. The molecule has 1 aromatic carbocycles. The average Bonchev–Trinajstić information content (AvgIpc) is 2.65. The first-order chi connectivity index (χ1) is 7.58. The molecule has 0 aliphatic carbocycles. The number of nitrogens with zero attached hydrogens (tertiary/aromatic N) is 1. The standard InChI is InChI=1S/C12H17NO3/c1-8(2)13(3)6-9-4-11-12(5-10(9)14)16-7-15-11/h4-5,8,14H,6-7H2,1-3H3. The van der Waals surface area contributed by atoms with Crippen molar-refractivity contribution in [1.29, 1.82) is 0 Å². The smallest absolute Gasteiger partial charge is 0.231 e. The molecule has 0 atom stereocenters. The van der Waals surface area contributed by atoms with Crippen molar-refractivity contribution in [1.82, 2.24) is 4.90 Å². The van der Waals surface area contributed by atoms with Gasteiger partial charge in [-0.05, 0) is 27.0 Å². The summed E-state index contributed by atoms with van der Waals surface area (Å²) in [5, 5.41) is 9.84. The van der Waals surface area contributed by atoms with Gasteiger partial charge in [-0.15, -0.1) is 0 Å². The quantitative estimate of drug-likeness (QED) is 0.850. The van der Waals surface area contributed by atoms with Gasteiger partial charge in [0.2, 0.25) is 6.79 Å². The summed E-state index contributed by atoms with van der Waals surface area (Å²) in [7, 11) is 2.02. The number of fused-ring (bicyclic) bond motifs is 1. The van der Waals surface area contributed by atoms with E-state index in [1.807, 2.05) is 13.1 Å². The number of rotatable bonds is 3. The fourth-order valence-corrected chi connectivity index (χ4v) is 1.55. The lowest BCUT2D eigenvalue weighted by Gasteiger charge is -2.21. The van der Waals surface area contributed by atoms with Crippen LogP contribution in [0.4, 0.5) is 0 Å². The summed E-state index contributed by atoms with van der Waals surface area (Å²) in [4.78, 5) is 2.15. The van der Waals surface area contributed by atoms with Gasteiger partial charge in [0.25, 0.3) is 0 Å². The Hall–Kier alpha value is -1.42. The summed E-state index contributed by atoms with van der Waals surface area (Å²) in [6.45, 7) is 5.16. The second kappa shape index (κ2) is 4.22. The molecule has 4 heteroatoms. The minimum Gasteiger partial charge on any atom is -0.507 e. The summed E-state index contributed by atoms with van der Waals surface area (Å²) in [6.07, 6.45) is 0. The molecule has 1 aliphatic heterocycles. The molecule has 0 fully saturated rings. The molecule has 0 spiro atoms. The van der Waals surface area contributed by atoms with Crippen LogP contribution in [0.1, 0.15) is 19.4 Å². The van der Waals surface area contributed by atoms with E-state index in [9.17, 15) is 5.11 Å². The fraction of sp³-hybridized carbons (Fsp3) is 0.500. The second-order valence-corrected chi connectivity index (χ2v) is 4.34. The van der Waals surface area contributed by atoms with E-state index in [1.165, 1.54) is 0 Å². The molecule has 1 heterocycles. The van der Waals surface area contributed by atoms with Crippen molar-refractivity contribution >= 4 is 0 Å². The van der Waals surface area contributed by atoms with E-state index in [4.69, 9.17) is 9.47 Å². The van der Waals surface area contributed by atoms with E-state index < -0.39 is 0 Å². The molecule has 0 aromatic heterocycles. The van der Waals surface area contributed by atoms with Gasteiger partial charge < -0.3 is 14.6 Å². The third-order valence-corrected chi connectivity index (χ3v) is 2.88. The van der Waals surface area contributed by atoms with Crippen LogP contribution in [0.5, 0.6) is 17.2 Å². The highest BCUT2D eigenvalue weighted by atomic mass is 16.7. The SMILES string of the molecule is CC(C)N(C)Cc1cc2c(cc1O)OCO2. The van der Waals surface area contributed by atoms with E-state index in [0.717, 1.165) is 5.56 Å². The van der Waals surface area contributed by atoms with Gasteiger partial charge in [-0.2, -0.15) is 0 Å². The minimum absolute atomic E-state index is 0.234. The molecule has 0 amide bonds. The normalized spacial score (nSPS) is 13.8. The van der Waals surface area contributed by atoms with Crippen LogP contribution in [-0.4, -0.2) is 29.9 Å². The number of benzene rings is 1. The van der Waals surface area contributed by atoms with E-state index in [1.54, 1.807) is 6.07 Å². The van der Waals surface area contributed by atoms with Gasteiger partial charge in [0.05, 0.1) is 0 Å². The zero-order valence-corrected chi connectivity index (χ0v) is 9.86. The summed E-state index contributed by atoms with van der Waals surface area (Å²) in [5.74, 6) is 1.59. The van der Waals surface area contributed by atoms with Crippen LogP contribution in [0.15, 0.2) is 12.1 Å². The van der Waals surface area contributed by atoms with Crippen molar-refractivity contribution in [2.75, 3.05) is 13.8 Å². The topological polar surface area (TPSA) is 41.9 Å². The Morgan fingerprint density at radius 1 is 1.31 bits per heavy atom. The first-order valence-electron chi connectivity index (χ1n) is 5.39. The van der Waals surface area contributed by atoms with Crippen LogP contribution in [0.25, 0.3) is 0 Å². The Balaban J connectivity index is 2.21. The molecule has 88 valence electrons. The van der Waals surface area contributed by atoms with Crippen molar-refractivity contribution < 1.29 is 14.6 Å². The monoisotopic (exact) mass is 223 g/mol. The highest BCUT2D eigenvalue weighted by Gasteiger charge is 2.18. The molecule has 2 rings (SSSR count). The third kappa shape index (κ3) is 2.07. The number of hydrogen-bond donors (Lipinski definition) is 1. The minimum atomic E-state index is 0.234. The lowest BCUT2D eigenvalue weighted by Crippen LogP contribution is -2.25. The molecule has 1 N–H and O–H groups in total. The number of aromatic hydroxyl groups is 1. The molecular weight excluding hydrogens is 206 g/mol. The third-order valence-electron chi connectivity index (χ3n) is 2.88. The average molecular weight is 223 g/mol. The van der Waals surface area contributed by atoms with Crippen molar-refractivity contribution in [3.8, 4) is 17.2 Å². The van der Waals surface area contributed by atoms with E-state index in [-0.39, 0.29) is 12.5 Å². The summed E-state index contributed by atoms with van der Waals surface area (Å²) in [5.41, 5.74) is 0.862. The van der Waals surface area contributed by atoms with Crippen LogP contribution in [0, 0.1) is 0 Å². The summed E-state index contributed by atoms with van der Waals surface area (Å²) in [6, 6.07) is 3.90. The largest absolute Gasteiger partial charge is 0.507 e. The molecule has 4 nitrogen and oxygen atoms in total. The predicted molar refractivity (Wildman–Crippen MR) is 60.8 cm³/mol. The molecule has 0 saturated carbocycles. The lowest BCUT2D eigenvalue weighted by atomic mass is 10.1. The van der Waals surface area contributed by atoms with Crippen LogP contribution in [0.2, 0.25) is 0 Å². The number of phenols is 1. The maximum atomic E-state index is 9.84. The first-order valence-corrected chi connectivity index (χ1v) is 5.39. The highest BCUT2D eigenvalue weighted by molar-refractivity contribution is 5.51. The number of ether oxygens (including phenoxy) is 2. The van der Waals surface area contributed by atoms with Gasteiger partial charge in [0.1, 0.15) is 5.75 Å². The van der Waals surface area contributed by atoms with Crippen LogP contribution < -0.4 is 9.47 Å². The van der Waals surface area contributed by atoms with Gasteiger partial charge in [0, 0.05) is 24.2 Å². The van der Waals surface area contributed by atoms with Gasteiger partial charge >= 0.3 is 0 Å². The molecule has 0 bridgehead atoms. The Kier molecular flexibility index (Phi) is 2.92. The Bertz CT molecular complexity index is 390. The van der Waals surface area contributed by atoms with Crippen LogP contribution in [-0.2, 0) is 6.54 Å². The molecule has 0 saturated heterocycles. The van der Waals surface area contributed by atoms with Gasteiger partial charge in [0.15, 0.2) is 11.5 Å². The lowest BCUT2D eigenvalue weighted by molar-refractivity contribution is 0.174. The van der Waals surface area contributed by atoms with Crippen molar-refractivity contribution in [3.05, 3.63) is 17.7 Å². The maximum absolute atomic E-state index is 9.84. The van der Waals surface area contributed by atoms with Crippen molar-refractivity contribution in [2.45, 2.75) is 26.4 Å². The molecule has 1 aromatic rings. The van der Waals surface area contributed by atoms with Crippen LogP contribution >= 0.6 is 0 Å². The molecule has 0 radical (unpaired) electrons. The molecular formula is C12H17NO3. The molecule has 0 unspecified atom stereocenters. The van der Waals surface area contributed by atoms with E-state index in [2.05, 4.69) is 18.7 Å². The van der Waals surface area contributed by atoms with E-state index in [0.29, 0.717) is 24.1 Å². The summed E-state index contributed by atoms with van der Waals surface area (Å²) >= 11 is 0. The Morgan fingerprint density at radius 2 is 1.94 bits per heavy atom. The highest BCUT2D eigenvalue weighted by Crippen LogP contribution is 2.37. The van der Waals surface area contributed by atoms with E-state index >= 15 is 0 Å². The second-order valence-electron chi connectivity index (χ2n) is 4.34. The molecule has 16 heavy (non-hydrogen) atoms. The van der Waals surface area contributed by atoms with Gasteiger partial charge in [-0.1, -0.05) is 0 Å². The van der Waals surface area contributed by atoms with Gasteiger partial charge in [-0.25, -0.2) is 0 Å². The van der Waals surface area contributed by atoms with Crippen LogP contribution in [0.3, 0.4) is 0 Å². The Morgan fingerprint density at radius 3 is 2.56 bits per heavy atom. The van der Waals surface area contributed by atoms with Crippen molar-refractivity contribution in [3.63, 3.8) is 0 Å². The number of hydrogen-bond acceptors (Lipinski definition) is 4. The molecule has 1 aliphatic rings. The zero-order chi connectivity index (χ0) is 11.7. The first kappa shape index (κ1) is 11.1. The fourth-order valence-electron chi connectivity index (χ4n) is 1.55.